The normalized spacial score (nSPS) is 12.9. The van der Waals surface area contributed by atoms with Crippen molar-refractivity contribution in [1.29, 1.82) is 0 Å². The average molecular weight is 457 g/mol. The molecule has 1 aromatic carbocycles. The lowest BCUT2D eigenvalue weighted by molar-refractivity contribution is -0.137. The van der Waals surface area contributed by atoms with Crippen molar-refractivity contribution in [2.75, 3.05) is 6.54 Å². The molecule has 5 nitrogen and oxygen atoms in total. The molecule has 0 radical (unpaired) electrons. The zero-order valence-corrected chi connectivity index (χ0v) is 17.8. The monoisotopic (exact) mass is 456 g/mol. The molecule has 0 aliphatic heterocycles. The third kappa shape index (κ3) is 3.97. The number of nitrogens with zero attached hydrogens (tertiary/aromatic N) is 2. The van der Waals surface area contributed by atoms with E-state index in [9.17, 15) is 18.0 Å². The Bertz CT molecular complexity index is 1070. The van der Waals surface area contributed by atoms with Gasteiger partial charge in [-0.25, -0.2) is 0 Å². The fraction of sp³-hybridized carbons (Fsp3) is 0.300. The molecule has 3 rings (SSSR count). The van der Waals surface area contributed by atoms with Gasteiger partial charge in [0.15, 0.2) is 0 Å². The van der Waals surface area contributed by atoms with Gasteiger partial charge in [0, 0.05) is 30.0 Å². The number of hydrogen-bond donors (Lipinski definition) is 2. The van der Waals surface area contributed by atoms with Gasteiger partial charge in [0.25, 0.3) is 5.91 Å². The molecule has 4 N–H and O–H groups in total. The topological polar surface area (TPSA) is 86.9 Å². The van der Waals surface area contributed by atoms with Crippen molar-refractivity contribution in [3.63, 3.8) is 0 Å². The number of nitrogens with two attached hydrogens (primary N) is 2. The van der Waals surface area contributed by atoms with E-state index in [0.717, 1.165) is 17.0 Å². The van der Waals surface area contributed by atoms with E-state index >= 15 is 0 Å². The summed E-state index contributed by atoms with van der Waals surface area (Å²) in [5.41, 5.74) is 12.9. The van der Waals surface area contributed by atoms with Gasteiger partial charge < -0.3 is 11.5 Å². The zero-order valence-electron chi connectivity index (χ0n) is 16.3. The summed E-state index contributed by atoms with van der Waals surface area (Å²) in [6.07, 6.45) is -2.45. The predicted octanol–water partition coefficient (Wildman–Crippen LogP) is 4.57. The molecule has 2 aromatic heterocycles. The number of benzene rings is 1. The Morgan fingerprint density at radius 3 is 2.57 bits per heavy atom. The molecule has 3 aromatic rings. The Morgan fingerprint density at radius 2 is 2.07 bits per heavy atom. The standard InChI is InChI=1S/C20H20ClF3N4OS/c1-3-14-16(17-13(21)9-27-28(17)2)15(18(30-14)19(26)29)12(8-25)10-5-4-6-11(7-10)20(22,23)24/h4-7,9,12H,3,8,25H2,1-2H3,(H2,26,29)/t12-/m0/s1. The minimum atomic E-state index is -4.50. The molecular weight excluding hydrogens is 437 g/mol. The molecule has 0 fully saturated rings. The predicted molar refractivity (Wildman–Crippen MR) is 112 cm³/mol. The largest absolute Gasteiger partial charge is 0.416 e. The van der Waals surface area contributed by atoms with Gasteiger partial charge in [0.05, 0.1) is 27.4 Å². The Morgan fingerprint density at radius 1 is 1.37 bits per heavy atom. The fourth-order valence-electron chi connectivity index (χ4n) is 3.56. The number of rotatable bonds is 6. The van der Waals surface area contributed by atoms with Gasteiger partial charge in [-0.1, -0.05) is 36.7 Å². The molecule has 0 aliphatic carbocycles. The second kappa shape index (κ2) is 8.41. The molecule has 1 atom stereocenters. The van der Waals surface area contributed by atoms with Gasteiger partial charge in [-0.15, -0.1) is 11.3 Å². The van der Waals surface area contributed by atoms with Crippen molar-refractivity contribution in [3.8, 4) is 11.3 Å². The summed E-state index contributed by atoms with van der Waals surface area (Å²) in [7, 11) is 1.70. The van der Waals surface area contributed by atoms with Crippen molar-refractivity contribution < 1.29 is 18.0 Å². The highest BCUT2D eigenvalue weighted by atomic mass is 35.5. The van der Waals surface area contributed by atoms with Crippen LogP contribution in [-0.4, -0.2) is 22.2 Å². The van der Waals surface area contributed by atoms with Crippen LogP contribution in [0.1, 0.15) is 44.1 Å². The Hall–Kier alpha value is -2.36. The van der Waals surface area contributed by atoms with Crippen molar-refractivity contribution >= 4 is 28.8 Å². The van der Waals surface area contributed by atoms with Gasteiger partial charge in [-0.3, -0.25) is 9.48 Å². The van der Waals surface area contributed by atoms with Crippen LogP contribution in [0, 0.1) is 0 Å². The minimum Gasteiger partial charge on any atom is -0.365 e. The number of amides is 1. The number of carbonyl (C=O) groups excluding carboxylic acids is 1. The van der Waals surface area contributed by atoms with E-state index in [2.05, 4.69) is 5.10 Å². The molecule has 0 saturated heterocycles. The highest BCUT2D eigenvalue weighted by Gasteiger charge is 2.33. The second-order valence-electron chi connectivity index (χ2n) is 6.74. The molecule has 0 aliphatic rings. The third-order valence-corrected chi connectivity index (χ3v) is 6.54. The lowest BCUT2D eigenvalue weighted by Crippen LogP contribution is -2.20. The number of aromatic nitrogens is 2. The maximum Gasteiger partial charge on any atom is 0.416 e. The first-order valence-electron chi connectivity index (χ1n) is 9.10. The Labute approximate surface area is 180 Å². The van der Waals surface area contributed by atoms with Gasteiger partial charge in [-0.05, 0) is 23.6 Å². The lowest BCUT2D eigenvalue weighted by Gasteiger charge is -2.20. The molecule has 0 spiro atoms. The van der Waals surface area contributed by atoms with Crippen LogP contribution in [0.5, 0.6) is 0 Å². The van der Waals surface area contributed by atoms with Crippen LogP contribution < -0.4 is 11.5 Å². The minimum absolute atomic E-state index is 0.0239. The number of aryl methyl sites for hydroxylation is 2. The smallest absolute Gasteiger partial charge is 0.365 e. The number of thiophene rings is 1. The summed E-state index contributed by atoms with van der Waals surface area (Å²) in [5, 5.41) is 4.52. The third-order valence-electron chi connectivity index (χ3n) is 4.89. The Balaban J connectivity index is 2.33. The molecule has 1 amide bonds. The molecule has 160 valence electrons. The van der Waals surface area contributed by atoms with E-state index in [4.69, 9.17) is 23.1 Å². The number of primary amides is 1. The first-order chi connectivity index (χ1) is 14.1. The number of hydrogen-bond acceptors (Lipinski definition) is 4. The van der Waals surface area contributed by atoms with Gasteiger partial charge in [-0.2, -0.15) is 18.3 Å². The molecular formula is C20H20ClF3N4OS. The zero-order chi connectivity index (χ0) is 22.2. The van der Waals surface area contributed by atoms with E-state index in [0.29, 0.717) is 33.8 Å². The molecule has 10 heteroatoms. The van der Waals surface area contributed by atoms with Crippen LogP contribution >= 0.6 is 22.9 Å². The summed E-state index contributed by atoms with van der Waals surface area (Å²) >= 11 is 7.58. The van der Waals surface area contributed by atoms with Gasteiger partial charge in [0.2, 0.25) is 0 Å². The summed E-state index contributed by atoms with van der Waals surface area (Å²) in [6, 6.07) is 4.94. The maximum atomic E-state index is 13.3. The summed E-state index contributed by atoms with van der Waals surface area (Å²) in [6.45, 7) is 1.89. The van der Waals surface area contributed by atoms with E-state index in [1.165, 1.54) is 23.6 Å². The van der Waals surface area contributed by atoms with Crippen LogP contribution in [0.15, 0.2) is 30.5 Å². The van der Waals surface area contributed by atoms with E-state index < -0.39 is 23.6 Å². The van der Waals surface area contributed by atoms with Crippen LogP contribution in [0.25, 0.3) is 11.3 Å². The van der Waals surface area contributed by atoms with Gasteiger partial charge >= 0.3 is 6.18 Å². The average Bonchev–Trinajstić information content (AvgIpc) is 3.21. The summed E-state index contributed by atoms with van der Waals surface area (Å²) < 4.78 is 41.4. The number of carbonyl (C=O) groups is 1. The quantitative estimate of drug-likeness (QED) is 0.569. The van der Waals surface area contributed by atoms with Crippen molar-refractivity contribution in [1.82, 2.24) is 9.78 Å². The summed E-state index contributed by atoms with van der Waals surface area (Å²) in [4.78, 5) is 13.4. The van der Waals surface area contributed by atoms with E-state index in [1.54, 1.807) is 17.8 Å². The molecule has 0 unspecified atom stereocenters. The highest BCUT2D eigenvalue weighted by molar-refractivity contribution is 7.14. The molecule has 0 bridgehead atoms. The SMILES string of the molecule is CCc1sc(C(N)=O)c([C@@H](CN)c2cccc(C(F)(F)F)c2)c1-c1c(Cl)cnn1C. The van der Waals surface area contributed by atoms with Crippen LogP contribution in [0.3, 0.4) is 0 Å². The molecule has 2 heterocycles. The van der Waals surface area contributed by atoms with Crippen LogP contribution in [-0.2, 0) is 19.6 Å². The second-order valence-corrected chi connectivity index (χ2v) is 8.25. The van der Waals surface area contributed by atoms with Crippen LogP contribution in [0.4, 0.5) is 13.2 Å². The highest BCUT2D eigenvalue weighted by Crippen LogP contribution is 2.45. The number of halogens is 4. The summed E-state index contributed by atoms with van der Waals surface area (Å²) in [5.74, 6) is -1.35. The Kier molecular flexibility index (Phi) is 6.26. The maximum absolute atomic E-state index is 13.3. The molecule has 0 saturated carbocycles. The first kappa shape index (κ1) is 22.3. The van der Waals surface area contributed by atoms with Crippen molar-refractivity contribution in [2.24, 2.45) is 18.5 Å². The van der Waals surface area contributed by atoms with E-state index in [1.807, 2.05) is 6.92 Å². The number of alkyl halides is 3. The van der Waals surface area contributed by atoms with E-state index in [-0.39, 0.29) is 11.4 Å². The fourth-order valence-corrected chi connectivity index (χ4v) is 4.98. The van der Waals surface area contributed by atoms with Gasteiger partial charge in [0.1, 0.15) is 0 Å². The van der Waals surface area contributed by atoms with Crippen LogP contribution in [0.2, 0.25) is 5.02 Å². The van der Waals surface area contributed by atoms with Crippen molar-refractivity contribution in [2.45, 2.75) is 25.4 Å². The lowest BCUT2D eigenvalue weighted by atomic mass is 9.86. The van der Waals surface area contributed by atoms with Crippen molar-refractivity contribution in [3.05, 3.63) is 61.9 Å². The first-order valence-corrected chi connectivity index (χ1v) is 10.3. The molecule has 30 heavy (non-hydrogen) atoms.